The lowest BCUT2D eigenvalue weighted by atomic mass is 10.3. The molecule has 3 aromatic rings. The summed E-state index contributed by atoms with van der Waals surface area (Å²) in [6.45, 7) is 0. The number of rotatable bonds is 4. The molecule has 24 heavy (non-hydrogen) atoms. The number of hydrogen-bond donors (Lipinski definition) is 2. The molecule has 1 heterocycles. The fourth-order valence-corrected chi connectivity index (χ4v) is 2.64. The SMILES string of the molecule is O=C(CSc1nc2cc(F)c(F)cc2[nH]1)Nc1ccc(F)c(F)c1. The third-order valence-electron chi connectivity index (χ3n) is 3.05. The fourth-order valence-electron chi connectivity index (χ4n) is 1.95. The number of benzene rings is 2. The summed E-state index contributed by atoms with van der Waals surface area (Å²) in [6, 6.07) is 4.93. The number of amides is 1. The summed E-state index contributed by atoms with van der Waals surface area (Å²) < 4.78 is 52.1. The first-order valence-corrected chi connectivity index (χ1v) is 7.63. The third kappa shape index (κ3) is 3.51. The van der Waals surface area contributed by atoms with Gasteiger partial charge in [-0.1, -0.05) is 11.8 Å². The van der Waals surface area contributed by atoms with Crippen LogP contribution in [0.3, 0.4) is 0 Å². The molecule has 0 spiro atoms. The van der Waals surface area contributed by atoms with Gasteiger partial charge in [-0.25, -0.2) is 22.5 Å². The monoisotopic (exact) mass is 355 g/mol. The normalized spacial score (nSPS) is 11.0. The molecule has 0 aliphatic rings. The predicted molar refractivity (Wildman–Crippen MR) is 81.7 cm³/mol. The van der Waals surface area contributed by atoms with E-state index in [0.29, 0.717) is 10.7 Å². The summed E-state index contributed by atoms with van der Waals surface area (Å²) in [5.74, 6) is -4.64. The van der Waals surface area contributed by atoms with Crippen LogP contribution in [0.5, 0.6) is 0 Å². The van der Waals surface area contributed by atoms with Crippen LogP contribution in [0.1, 0.15) is 0 Å². The van der Waals surface area contributed by atoms with Crippen LogP contribution in [-0.2, 0) is 4.79 Å². The Morgan fingerprint density at radius 3 is 2.50 bits per heavy atom. The molecule has 4 nitrogen and oxygen atoms in total. The fraction of sp³-hybridized carbons (Fsp3) is 0.0667. The van der Waals surface area contributed by atoms with E-state index < -0.39 is 29.2 Å². The molecule has 0 fully saturated rings. The Labute approximate surface area is 137 Å². The molecule has 0 atom stereocenters. The zero-order valence-corrected chi connectivity index (χ0v) is 12.7. The molecule has 0 unspecified atom stereocenters. The standard InChI is InChI=1S/C15H9F4N3OS/c16-8-2-1-7(3-9(8)17)20-14(23)6-24-15-21-12-4-10(18)11(19)5-13(12)22-15/h1-5H,6H2,(H,20,23)(H,21,22). The Bertz CT molecular complexity index is 889. The lowest BCUT2D eigenvalue weighted by Crippen LogP contribution is -2.14. The van der Waals surface area contributed by atoms with Crippen molar-refractivity contribution in [1.82, 2.24) is 9.97 Å². The number of fused-ring (bicyclic) bond motifs is 1. The van der Waals surface area contributed by atoms with E-state index >= 15 is 0 Å². The molecule has 1 aromatic heterocycles. The number of nitrogens with one attached hydrogen (secondary N) is 2. The second kappa shape index (κ2) is 6.52. The Kier molecular flexibility index (Phi) is 4.43. The molecule has 0 aliphatic heterocycles. The van der Waals surface area contributed by atoms with Crippen LogP contribution in [0, 0.1) is 23.3 Å². The van der Waals surface area contributed by atoms with E-state index in [1.165, 1.54) is 6.07 Å². The number of anilines is 1. The molecule has 9 heteroatoms. The van der Waals surface area contributed by atoms with Crippen molar-refractivity contribution in [3.63, 3.8) is 0 Å². The molecule has 0 saturated carbocycles. The van der Waals surface area contributed by atoms with Gasteiger partial charge in [0, 0.05) is 23.9 Å². The van der Waals surface area contributed by atoms with Crippen LogP contribution in [0.4, 0.5) is 23.2 Å². The minimum atomic E-state index is -1.07. The van der Waals surface area contributed by atoms with Gasteiger partial charge in [-0.15, -0.1) is 0 Å². The number of hydrogen-bond acceptors (Lipinski definition) is 3. The third-order valence-corrected chi connectivity index (χ3v) is 3.92. The topological polar surface area (TPSA) is 57.8 Å². The van der Waals surface area contributed by atoms with E-state index in [1.54, 1.807) is 0 Å². The Balaban J connectivity index is 1.64. The summed E-state index contributed by atoms with van der Waals surface area (Å²) in [4.78, 5) is 18.6. The molecule has 2 N–H and O–H groups in total. The highest BCUT2D eigenvalue weighted by Crippen LogP contribution is 2.22. The average Bonchev–Trinajstić information content (AvgIpc) is 2.91. The molecular formula is C15H9F4N3OS. The van der Waals surface area contributed by atoms with Gasteiger partial charge in [-0.05, 0) is 12.1 Å². The first-order chi connectivity index (χ1) is 11.4. The zero-order chi connectivity index (χ0) is 17.3. The van der Waals surface area contributed by atoms with E-state index in [2.05, 4.69) is 15.3 Å². The molecular weight excluding hydrogens is 346 g/mol. The van der Waals surface area contributed by atoms with Gasteiger partial charge in [-0.3, -0.25) is 4.79 Å². The van der Waals surface area contributed by atoms with Crippen LogP contribution in [0.25, 0.3) is 11.0 Å². The molecule has 124 valence electrons. The Morgan fingerprint density at radius 2 is 1.75 bits per heavy atom. The Morgan fingerprint density at radius 1 is 1.04 bits per heavy atom. The van der Waals surface area contributed by atoms with Gasteiger partial charge in [0.15, 0.2) is 28.4 Å². The number of aromatic amines is 1. The number of H-pyrrole nitrogens is 1. The van der Waals surface area contributed by atoms with Gasteiger partial charge < -0.3 is 10.3 Å². The van der Waals surface area contributed by atoms with Crippen molar-refractivity contribution >= 4 is 34.4 Å². The van der Waals surface area contributed by atoms with Crippen LogP contribution < -0.4 is 5.32 Å². The van der Waals surface area contributed by atoms with Gasteiger partial charge in [0.25, 0.3) is 0 Å². The van der Waals surface area contributed by atoms with Gasteiger partial charge in [0.05, 0.1) is 16.8 Å². The summed E-state index contributed by atoms with van der Waals surface area (Å²) in [7, 11) is 0. The largest absolute Gasteiger partial charge is 0.333 e. The number of carbonyl (C=O) groups is 1. The van der Waals surface area contributed by atoms with Gasteiger partial charge >= 0.3 is 0 Å². The maximum absolute atomic E-state index is 13.1. The smallest absolute Gasteiger partial charge is 0.234 e. The quantitative estimate of drug-likeness (QED) is 0.552. The first kappa shape index (κ1) is 16.3. The molecule has 0 aliphatic carbocycles. The van der Waals surface area contributed by atoms with E-state index in [1.807, 2.05) is 0 Å². The van der Waals surface area contributed by atoms with Gasteiger partial charge in [-0.2, -0.15) is 0 Å². The molecule has 3 rings (SSSR count). The minimum absolute atomic E-state index is 0.0796. The van der Waals surface area contributed by atoms with Gasteiger partial charge in [0.1, 0.15) is 0 Å². The maximum atomic E-state index is 13.1. The minimum Gasteiger partial charge on any atom is -0.333 e. The van der Waals surface area contributed by atoms with Crippen LogP contribution in [-0.4, -0.2) is 21.6 Å². The van der Waals surface area contributed by atoms with E-state index in [-0.39, 0.29) is 17.0 Å². The van der Waals surface area contributed by atoms with Crippen molar-refractivity contribution in [1.29, 1.82) is 0 Å². The van der Waals surface area contributed by atoms with Crippen molar-refractivity contribution in [3.05, 3.63) is 53.6 Å². The molecule has 0 saturated heterocycles. The second-order valence-corrected chi connectivity index (χ2v) is 5.76. The van der Waals surface area contributed by atoms with Gasteiger partial charge in [0.2, 0.25) is 5.91 Å². The molecule has 1 amide bonds. The van der Waals surface area contributed by atoms with E-state index in [9.17, 15) is 22.4 Å². The number of carbonyl (C=O) groups excluding carboxylic acids is 1. The highest BCUT2D eigenvalue weighted by atomic mass is 32.2. The van der Waals surface area contributed by atoms with Crippen molar-refractivity contribution < 1.29 is 22.4 Å². The van der Waals surface area contributed by atoms with Crippen LogP contribution >= 0.6 is 11.8 Å². The van der Waals surface area contributed by atoms with Crippen molar-refractivity contribution in [2.75, 3.05) is 11.1 Å². The number of nitrogens with zero attached hydrogens (tertiary/aromatic N) is 1. The predicted octanol–water partition coefficient (Wildman–Crippen LogP) is 3.85. The van der Waals surface area contributed by atoms with Crippen LogP contribution in [0.2, 0.25) is 0 Å². The maximum Gasteiger partial charge on any atom is 0.234 e. The number of aromatic nitrogens is 2. The number of thioether (sulfide) groups is 1. The summed E-state index contributed by atoms with van der Waals surface area (Å²) in [5, 5.41) is 2.71. The van der Waals surface area contributed by atoms with Crippen LogP contribution in [0.15, 0.2) is 35.5 Å². The molecule has 0 bridgehead atoms. The Hall–Kier alpha value is -2.55. The second-order valence-electron chi connectivity index (χ2n) is 4.79. The molecule has 0 radical (unpaired) electrons. The zero-order valence-electron chi connectivity index (χ0n) is 11.9. The highest BCUT2D eigenvalue weighted by molar-refractivity contribution is 7.99. The van der Waals surface area contributed by atoms with E-state index in [0.717, 1.165) is 36.0 Å². The van der Waals surface area contributed by atoms with Crippen molar-refractivity contribution in [3.8, 4) is 0 Å². The van der Waals surface area contributed by atoms with Crippen molar-refractivity contribution in [2.45, 2.75) is 5.16 Å². The summed E-state index contributed by atoms with van der Waals surface area (Å²) in [5.41, 5.74) is 0.656. The van der Waals surface area contributed by atoms with Crippen molar-refractivity contribution in [2.24, 2.45) is 0 Å². The lowest BCUT2D eigenvalue weighted by Gasteiger charge is -2.04. The number of imidazole rings is 1. The summed E-state index contributed by atoms with van der Waals surface area (Å²) >= 11 is 1.00. The molecule has 2 aromatic carbocycles. The lowest BCUT2D eigenvalue weighted by molar-refractivity contribution is -0.113. The van der Waals surface area contributed by atoms with E-state index in [4.69, 9.17) is 0 Å². The average molecular weight is 355 g/mol. The first-order valence-electron chi connectivity index (χ1n) is 6.65. The summed E-state index contributed by atoms with van der Waals surface area (Å²) in [6.07, 6.45) is 0. The highest BCUT2D eigenvalue weighted by Gasteiger charge is 2.11. The number of halogens is 4.